The third kappa shape index (κ3) is 11.0. The number of aromatic nitrogens is 2. The molecule has 2 heterocycles. The number of carbonyl (C=O) groups is 1. The predicted molar refractivity (Wildman–Crippen MR) is 122 cm³/mol. The molecule has 1 aliphatic heterocycles. The lowest BCUT2D eigenvalue weighted by atomic mass is 9.92. The van der Waals surface area contributed by atoms with E-state index in [2.05, 4.69) is 37.0 Å². The lowest BCUT2D eigenvalue weighted by Gasteiger charge is -2.27. The van der Waals surface area contributed by atoms with Crippen molar-refractivity contribution in [1.82, 2.24) is 15.1 Å². The molecule has 182 valence electrons. The normalized spacial score (nSPS) is 16.9. The Bertz CT molecular complexity index is 1090. The molecule has 1 aromatic carbocycles. The molecule has 13 heteroatoms. The average Bonchev–Trinajstić information content (AvgIpc) is 3.00. The van der Waals surface area contributed by atoms with Crippen LogP contribution in [-0.4, -0.2) is 72.0 Å². The second kappa shape index (κ2) is 10.7. The molecule has 1 atom stereocenters. The first-order chi connectivity index (χ1) is 14.3. The Balaban J connectivity index is 0.000000431. The average molecular weight is 493 g/mol. The van der Waals surface area contributed by atoms with Gasteiger partial charge >= 0.3 is 0 Å². The van der Waals surface area contributed by atoms with Crippen LogP contribution in [0.15, 0.2) is 18.3 Å². The monoisotopic (exact) mass is 492 g/mol. The summed E-state index contributed by atoms with van der Waals surface area (Å²) < 4.78 is 51.7. The maximum Gasteiger partial charge on any atom is 0.261 e. The van der Waals surface area contributed by atoms with Gasteiger partial charge in [-0.1, -0.05) is 26.8 Å². The molecule has 2 aromatic rings. The van der Waals surface area contributed by atoms with Crippen LogP contribution in [0.2, 0.25) is 0 Å². The van der Waals surface area contributed by atoms with Gasteiger partial charge in [-0.05, 0) is 35.4 Å². The van der Waals surface area contributed by atoms with Crippen LogP contribution >= 0.6 is 0 Å². The molecule has 0 spiro atoms. The van der Waals surface area contributed by atoms with Crippen molar-refractivity contribution in [2.24, 2.45) is 11.1 Å². The van der Waals surface area contributed by atoms with Crippen molar-refractivity contribution in [3.63, 3.8) is 0 Å². The third-order valence-corrected chi connectivity index (χ3v) is 4.38. The van der Waals surface area contributed by atoms with Gasteiger partial charge in [0.2, 0.25) is 5.91 Å². The lowest BCUT2D eigenvalue weighted by Crippen LogP contribution is -2.43. The summed E-state index contributed by atoms with van der Waals surface area (Å²) in [5.41, 5.74) is 9.68. The fourth-order valence-corrected chi connectivity index (χ4v) is 2.99. The van der Waals surface area contributed by atoms with E-state index in [0.29, 0.717) is 25.5 Å². The lowest BCUT2D eigenvalue weighted by molar-refractivity contribution is -0.133. The Morgan fingerprint density at radius 3 is 2.19 bits per heavy atom. The summed E-state index contributed by atoms with van der Waals surface area (Å²) in [4.78, 5) is 14.5. The summed E-state index contributed by atoms with van der Waals surface area (Å²) in [5.74, 6) is 0.0529. The molecule has 3 rings (SSSR count). The number of amides is 1. The highest BCUT2D eigenvalue weighted by Gasteiger charge is 2.28. The number of nitrogens with two attached hydrogens (primary N) is 1. The fraction of sp³-hybridized carbons (Fsp3) is 0.579. The Morgan fingerprint density at radius 2 is 1.69 bits per heavy atom. The van der Waals surface area contributed by atoms with Gasteiger partial charge in [0.1, 0.15) is 0 Å². The molecule has 0 unspecified atom stereocenters. The predicted octanol–water partition coefficient (Wildman–Crippen LogP) is 1.22. The molecular weight excluding hydrogens is 460 g/mol. The maximum absolute atomic E-state index is 12.6. The molecule has 0 fully saturated rings. The number of hydrogen-bond donors (Lipinski definition) is 4. The molecule has 0 saturated heterocycles. The molecule has 0 aliphatic carbocycles. The smallest absolute Gasteiger partial charge is 0.261 e. The van der Waals surface area contributed by atoms with Gasteiger partial charge in [-0.15, -0.1) is 0 Å². The quantitative estimate of drug-likeness (QED) is 0.447. The van der Waals surface area contributed by atoms with Crippen LogP contribution in [0, 0.1) is 5.41 Å². The van der Waals surface area contributed by atoms with E-state index < -0.39 is 26.3 Å². The summed E-state index contributed by atoms with van der Waals surface area (Å²) in [7, 11) is -7.33. The molecule has 0 bridgehead atoms. The van der Waals surface area contributed by atoms with Gasteiger partial charge in [-0.3, -0.25) is 19.0 Å². The van der Waals surface area contributed by atoms with Crippen LogP contribution in [0.25, 0.3) is 10.9 Å². The summed E-state index contributed by atoms with van der Waals surface area (Å²) in [6.45, 7) is 7.94. The van der Waals surface area contributed by atoms with Gasteiger partial charge in [-0.25, -0.2) is 0 Å². The van der Waals surface area contributed by atoms with Gasteiger partial charge in [0.15, 0.2) is 0 Å². The van der Waals surface area contributed by atoms with Crippen molar-refractivity contribution >= 4 is 37.0 Å². The van der Waals surface area contributed by atoms with Gasteiger partial charge in [0.05, 0.1) is 30.3 Å². The van der Waals surface area contributed by atoms with E-state index in [4.69, 9.17) is 14.8 Å². The number of rotatable bonds is 2. The molecule has 32 heavy (non-hydrogen) atoms. The number of hydrogen-bond acceptors (Lipinski definition) is 7. The van der Waals surface area contributed by atoms with Crippen molar-refractivity contribution in [2.45, 2.75) is 46.2 Å². The number of aromatic amines is 1. The van der Waals surface area contributed by atoms with Crippen molar-refractivity contribution < 1.29 is 30.7 Å². The Kier molecular flexibility index (Phi) is 9.36. The van der Waals surface area contributed by atoms with Gasteiger partial charge in [0, 0.05) is 18.5 Å². The SMILES string of the molecule is CC(C)(C)CCN1Cc2c(ccc3[nH]ncc23)C[C@@H](N)C1=O.CS(=O)(=O)O.CS(=O)(=O)O. The minimum absolute atomic E-state index is 0.0529. The largest absolute Gasteiger partial charge is 0.337 e. The number of nitrogens with zero attached hydrogens (tertiary/aromatic N) is 2. The van der Waals surface area contributed by atoms with Crippen LogP contribution in [0.3, 0.4) is 0 Å². The molecule has 11 nitrogen and oxygen atoms in total. The zero-order valence-corrected chi connectivity index (χ0v) is 20.5. The Morgan fingerprint density at radius 1 is 1.16 bits per heavy atom. The van der Waals surface area contributed by atoms with Crippen molar-refractivity contribution in [3.05, 3.63) is 29.5 Å². The second-order valence-corrected chi connectivity index (χ2v) is 11.8. The van der Waals surface area contributed by atoms with E-state index in [1.54, 1.807) is 0 Å². The molecule has 1 amide bonds. The molecule has 5 N–H and O–H groups in total. The van der Waals surface area contributed by atoms with Crippen LogP contribution < -0.4 is 5.73 Å². The molecule has 0 saturated carbocycles. The first kappa shape index (κ1) is 28.0. The zero-order chi connectivity index (χ0) is 24.9. The minimum Gasteiger partial charge on any atom is -0.337 e. The number of carbonyl (C=O) groups excluding carboxylic acids is 1. The van der Waals surface area contributed by atoms with Crippen LogP contribution in [0.4, 0.5) is 0 Å². The van der Waals surface area contributed by atoms with Gasteiger partial charge in [-0.2, -0.15) is 21.9 Å². The van der Waals surface area contributed by atoms with E-state index in [1.165, 1.54) is 5.56 Å². The first-order valence-corrected chi connectivity index (χ1v) is 13.4. The van der Waals surface area contributed by atoms with Crippen molar-refractivity contribution in [2.75, 3.05) is 19.1 Å². The number of benzene rings is 1. The zero-order valence-electron chi connectivity index (χ0n) is 18.9. The Hall–Kier alpha value is -2.06. The second-order valence-electron chi connectivity index (χ2n) is 8.88. The van der Waals surface area contributed by atoms with Crippen LogP contribution in [-0.2, 0) is 38.0 Å². The highest BCUT2D eigenvalue weighted by atomic mass is 32.2. The highest BCUT2D eigenvalue weighted by Crippen LogP contribution is 2.28. The number of H-pyrrole nitrogens is 1. The molecule has 1 aliphatic rings. The third-order valence-electron chi connectivity index (χ3n) is 4.38. The molecule has 0 radical (unpaired) electrons. The Labute approximate surface area is 188 Å². The van der Waals surface area contributed by atoms with Gasteiger partial charge in [0.25, 0.3) is 20.2 Å². The van der Waals surface area contributed by atoms with Gasteiger partial charge < -0.3 is 10.6 Å². The van der Waals surface area contributed by atoms with E-state index >= 15 is 0 Å². The fourth-order valence-electron chi connectivity index (χ4n) is 2.99. The van der Waals surface area contributed by atoms with E-state index in [1.807, 2.05) is 17.2 Å². The summed E-state index contributed by atoms with van der Waals surface area (Å²) >= 11 is 0. The number of nitrogens with one attached hydrogen (secondary N) is 1. The topological polar surface area (TPSA) is 184 Å². The standard InChI is InChI=1S/C17H24N4O.2CH4O3S/c1-17(2,3)6-7-21-10-13-11(8-14(18)16(21)22)4-5-15-12(13)9-19-20-15;2*1-5(2,3)4/h4-5,9,14H,6-8,10,18H2,1-3H3,(H,19,20);2*1H3,(H,2,3,4)/t14-;;/m1../s1. The maximum atomic E-state index is 12.6. The van der Waals surface area contributed by atoms with E-state index in [9.17, 15) is 21.6 Å². The van der Waals surface area contributed by atoms with Crippen molar-refractivity contribution in [3.8, 4) is 0 Å². The highest BCUT2D eigenvalue weighted by molar-refractivity contribution is 7.85. The minimum atomic E-state index is -3.67. The summed E-state index contributed by atoms with van der Waals surface area (Å²) in [6.07, 6.45) is 4.83. The van der Waals surface area contributed by atoms with Crippen LogP contribution in [0.5, 0.6) is 0 Å². The van der Waals surface area contributed by atoms with E-state index in [-0.39, 0.29) is 11.3 Å². The summed E-state index contributed by atoms with van der Waals surface area (Å²) in [6, 6.07) is 3.63. The first-order valence-electron chi connectivity index (χ1n) is 9.68. The van der Waals surface area contributed by atoms with E-state index in [0.717, 1.165) is 29.4 Å². The summed E-state index contributed by atoms with van der Waals surface area (Å²) in [5, 5.41) is 8.22. The van der Waals surface area contributed by atoms with Crippen LogP contribution in [0.1, 0.15) is 38.3 Å². The molecule has 1 aromatic heterocycles. The number of fused-ring (bicyclic) bond motifs is 3. The van der Waals surface area contributed by atoms with Crippen molar-refractivity contribution in [1.29, 1.82) is 0 Å². The molecular formula is C19H32N4O7S2.